The van der Waals surface area contributed by atoms with E-state index in [1.807, 2.05) is 12.1 Å². The fourth-order valence-electron chi connectivity index (χ4n) is 7.57. The van der Waals surface area contributed by atoms with Crippen molar-refractivity contribution >= 4 is 28.7 Å². The molecule has 1 aliphatic carbocycles. The van der Waals surface area contributed by atoms with Gasteiger partial charge in [0, 0.05) is 22.1 Å². The summed E-state index contributed by atoms with van der Waals surface area (Å²) in [7, 11) is 0. The van der Waals surface area contributed by atoms with Crippen molar-refractivity contribution < 1.29 is 0 Å². The van der Waals surface area contributed by atoms with Gasteiger partial charge < -0.3 is 4.90 Å². The third-order valence-electron chi connectivity index (χ3n) is 10.2. The molecule has 0 saturated heterocycles. The molecule has 0 bridgehead atoms. The second-order valence-electron chi connectivity index (χ2n) is 13.3. The minimum atomic E-state index is 0.688. The fourth-order valence-corrected chi connectivity index (χ4v) is 7.69. The van der Waals surface area contributed by atoms with E-state index in [1.54, 1.807) is 0 Å². The number of nitrogens with zero attached hydrogens (tertiary/aromatic N) is 1. The number of hydrogen-bond acceptors (Lipinski definition) is 1. The van der Waals surface area contributed by atoms with E-state index < -0.39 is 0 Å². The fraction of sp³-hybridized carbons (Fsp3) is 0.125. The first-order chi connectivity index (χ1) is 24.7. The third-order valence-corrected chi connectivity index (χ3v) is 10.4. The summed E-state index contributed by atoms with van der Waals surface area (Å²) in [6.45, 7) is 0. The summed E-state index contributed by atoms with van der Waals surface area (Å²) in [6, 6.07) is 63.4. The van der Waals surface area contributed by atoms with Gasteiger partial charge in [0.1, 0.15) is 0 Å². The van der Waals surface area contributed by atoms with Gasteiger partial charge >= 0.3 is 0 Å². The molecule has 50 heavy (non-hydrogen) atoms. The first kappa shape index (κ1) is 31.9. The summed E-state index contributed by atoms with van der Waals surface area (Å²) in [6.07, 6.45) is 6.68. The quantitative estimate of drug-likeness (QED) is 0.156. The van der Waals surface area contributed by atoms with Gasteiger partial charge in [0.05, 0.1) is 0 Å². The topological polar surface area (TPSA) is 3.24 Å². The van der Waals surface area contributed by atoms with Crippen LogP contribution in [-0.4, -0.2) is 0 Å². The van der Waals surface area contributed by atoms with Crippen molar-refractivity contribution in [3.8, 4) is 44.5 Å². The lowest BCUT2D eigenvalue weighted by Crippen LogP contribution is -2.10. The molecule has 0 spiro atoms. The molecule has 7 aromatic rings. The molecule has 8 rings (SSSR count). The van der Waals surface area contributed by atoms with Gasteiger partial charge in [-0.05, 0) is 129 Å². The lowest BCUT2D eigenvalue weighted by atomic mass is 9.84. The lowest BCUT2D eigenvalue weighted by Gasteiger charge is -2.27. The molecule has 1 fully saturated rings. The highest BCUT2D eigenvalue weighted by Gasteiger charge is 2.19. The molecule has 244 valence electrons. The number of para-hydroxylation sites is 1. The van der Waals surface area contributed by atoms with Crippen LogP contribution in [0.25, 0.3) is 44.5 Å². The summed E-state index contributed by atoms with van der Waals surface area (Å²) in [5, 5.41) is 0.736. The molecule has 0 heterocycles. The molecule has 1 nitrogen and oxygen atoms in total. The normalized spacial score (nSPS) is 13.2. The van der Waals surface area contributed by atoms with Crippen molar-refractivity contribution in [1.82, 2.24) is 0 Å². The highest BCUT2D eigenvalue weighted by molar-refractivity contribution is 6.30. The molecule has 7 aromatic carbocycles. The number of rotatable bonds is 8. The Kier molecular flexibility index (Phi) is 9.32. The van der Waals surface area contributed by atoms with Crippen LogP contribution in [-0.2, 0) is 0 Å². The Balaban J connectivity index is 1.24. The molecule has 0 atom stereocenters. The van der Waals surface area contributed by atoms with E-state index >= 15 is 0 Å². The maximum absolute atomic E-state index is 6.34. The van der Waals surface area contributed by atoms with Crippen LogP contribution in [0.1, 0.15) is 43.6 Å². The van der Waals surface area contributed by atoms with Gasteiger partial charge in [-0.1, -0.05) is 146 Å². The Bertz CT molecular complexity index is 2150. The maximum Gasteiger partial charge on any atom is 0.0462 e. The Hall–Kier alpha value is -5.37. The highest BCUT2D eigenvalue weighted by atomic mass is 35.5. The third kappa shape index (κ3) is 6.75. The molecule has 0 N–H and O–H groups in total. The van der Waals surface area contributed by atoms with E-state index in [1.165, 1.54) is 82.3 Å². The first-order valence-corrected chi connectivity index (χ1v) is 18.2. The summed E-state index contributed by atoms with van der Waals surface area (Å²) < 4.78 is 0. The molecule has 0 radical (unpaired) electrons. The second-order valence-corrected chi connectivity index (χ2v) is 13.8. The SMILES string of the molecule is Clc1ccc(-c2cc(-c3ccccc3)c(-c3ccc(N(c4ccccc4)c4ccc(C5CCCCC5)cc4)cc3)cc2-c2ccccc2)cc1. The molecule has 0 amide bonds. The Morgan fingerprint density at radius 3 is 1.24 bits per heavy atom. The largest absolute Gasteiger partial charge is 0.311 e. The minimum absolute atomic E-state index is 0.688. The summed E-state index contributed by atoms with van der Waals surface area (Å²) >= 11 is 6.34. The minimum Gasteiger partial charge on any atom is -0.311 e. The van der Waals surface area contributed by atoms with Gasteiger partial charge in [-0.3, -0.25) is 0 Å². The zero-order chi connectivity index (χ0) is 33.7. The Labute approximate surface area is 301 Å². The van der Waals surface area contributed by atoms with Gasteiger partial charge in [-0.15, -0.1) is 0 Å². The standard InChI is InChI=1S/C48H40ClN/c49-41-27-21-39(22-28-41)47-33-46(38-17-9-3-10-18-38)48(34-45(47)37-15-7-2-8-16-37)40-25-31-44(32-26-40)50(42-19-11-4-12-20-42)43-29-23-36(24-30-43)35-13-5-1-6-14-35/h2-4,7-12,15-35H,1,5-6,13-14H2. The van der Waals surface area contributed by atoms with Crippen LogP contribution < -0.4 is 4.90 Å². The predicted octanol–water partition coefficient (Wildman–Crippen LogP) is 14.5. The van der Waals surface area contributed by atoms with Crippen LogP contribution in [0, 0.1) is 0 Å². The molecule has 0 aromatic heterocycles. The molecule has 2 heteroatoms. The zero-order valence-electron chi connectivity index (χ0n) is 28.2. The van der Waals surface area contributed by atoms with Crippen molar-refractivity contribution in [3.63, 3.8) is 0 Å². The van der Waals surface area contributed by atoms with E-state index in [9.17, 15) is 0 Å². The van der Waals surface area contributed by atoms with Crippen LogP contribution in [0.4, 0.5) is 17.1 Å². The molecule has 1 saturated carbocycles. The average molecular weight is 666 g/mol. The zero-order valence-corrected chi connectivity index (χ0v) is 28.9. The molecular weight excluding hydrogens is 626 g/mol. The van der Waals surface area contributed by atoms with Crippen molar-refractivity contribution in [3.05, 3.63) is 187 Å². The number of benzene rings is 7. The number of halogens is 1. The van der Waals surface area contributed by atoms with E-state index in [4.69, 9.17) is 11.6 Å². The van der Waals surface area contributed by atoms with Crippen LogP contribution in [0.2, 0.25) is 5.02 Å². The summed E-state index contributed by atoms with van der Waals surface area (Å²) in [5.74, 6) is 0.688. The van der Waals surface area contributed by atoms with E-state index in [0.29, 0.717) is 5.92 Å². The van der Waals surface area contributed by atoms with Gasteiger partial charge in [0.25, 0.3) is 0 Å². The van der Waals surface area contributed by atoms with E-state index in [2.05, 4.69) is 169 Å². The lowest BCUT2D eigenvalue weighted by molar-refractivity contribution is 0.443. The maximum atomic E-state index is 6.34. The van der Waals surface area contributed by atoms with Crippen molar-refractivity contribution in [2.45, 2.75) is 38.0 Å². The van der Waals surface area contributed by atoms with Gasteiger partial charge in [-0.25, -0.2) is 0 Å². The van der Waals surface area contributed by atoms with Crippen molar-refractivity contribution in [2.24, 2.45) is 0 Å². The van der Waals surface area contributed by atoms with Crippen molar-refractivity contribution in [2.75, 3.05) is 4.90 Å². The van der Waals surface area contributed by atoms with Gasteiger partial charge in [0.15, 0.2) is 0 Å². The first-order valence-electron chi connectivity index (χ1n) is 17.8. The predicted molar refractivity (Wildman–Crippen MR) is 214 cm³/mol. The van der Waals surface area contributed by atoms with Gasteiger partial charge in [-0.2, -0.15) is 0 Å². The Morgan fingerprint density at radius 1 is 0.380 bits per heavy atom. The molecule has 1 aliphatic rings. The smallest absolute Gasteiger partial charge is 0.0462 e. The second kappa shape index (κ2) is 14.6. The molecular formula is C48H40ClN. The number of anilines is 3. The number of hydrogen-bond donors (Lipinski definition) is 0. The molecule has 0 unspecified atom stereocenters. The van der Waals surface area contributed by atoms with Crippen LogP contribution in [0.15, 0.2) is 176 Å². The van der Waals surface area contributed by atoms with E-state index in [0.717, 1.165) is 22.0 Å². The van der Waals surface area contributed by atoms with Crippen LogP contribution in [0.5, 0.6) is 0 Å². The monoisotopic (exact) mass is 665 g/mol. The van der Waals surface area contributed by atoms with E-state index in [-0.39, 0.29) is 0 Å². The summed E-state index contributed by atoms with van der Waals surface area (Å²) in [5.41, 5.74) is 14.4. The van der Waals surface area contributed by atoms with Crippen LogP contribution in [0.3, 0.4) is 0 Å². The summed E-state index contributed by atoms with van der Waals surface area (Å²) in [4.78, 5) is 2.37. The Morgan fingerprint density at radius 2 is 0.760 bits per heavy atom. The van der Waals surface area contributed by atoms with Crippen LogP contribution >= 0.6 is 11.6 Å². The molecule has 0 aliphatic heterocycles. The van der Waals surface area contributed by atoms with Gasteiger partial charge in [0.2, 0.25) is 0 Å². The average Bonchev–Trinajstić information content (AvgIpc) is 3.20. The highest BCUT2D eigenvalue weighted by Crippen LogP contribution is 2.44. The van der Waals surface area contributed by atoms with Crippen molar-refractivity contribution in [1.29, 1.82) is 0 Å².